The summed E-state index contributed by atoms with van der Waals surface area (Å²) in [4.78, 5) is 8.45. The molecule has 1 atom stereocenters. The van der Waals surface area contributed by atoms with E-state index >= 15 is 0 Å². The number of aliphatic hydroxyl groups is 1. The van der Waals surface area contributed by atoms with Crippen molar-refractivity contribution in [3.63, 3.8) is 0 Å². The number of aryl methyl sites for hydroxylation is 1. The Hall–Kier alpha value is -1.04. The third-order valence-electron chi connectivity index (χ3n) is 4.01. The summed E-state index contributed by atoms with van der Waals surface area (Å²) >= 11 is 0. The molecule has 0 spiro atoms. The van der Waals surface area contributed by atoms with E-state index in [0.29, 0.717) is 25.8 Å². The summed E-state index contributed by atoms with van der Waals surface area (Å²) < 4.78 is 5.79. The number of aromatic nitrogens is 2. The zero-order valence-corrected chi connectivity index (χ0v) is 13.1. The lowest BCUT2D eigenvalue weighted by Crippen LogP contribution is -2.32. The highest BCUT2D eigenvalue weighted by atomic mass is 16.5. The van der Waals surface area contributed by atoms with E-state index in [1.165, 1.54) is 12.8 Å². The number of hydrogen-bond acceptors (Lipinski definition) is 5. The Kier molecular flexibility index (Phi) is 6.54. The normalized spacial score (nSPS) is 24.0. The van der Waals surface area contributed by atoms with Gasteiger partial charge in [0.25, 0.3) is 0 Å². The van der Waals surface area contributed by atoms with Crippen LogP contribution in [0.15, 0.2) is 12.4 Å². The fourth-order valence-electron chi connectivity index (χ4n) is 2.58. The second-order valence-electron chi connectivity index (χ2n) is 6.15. The van der Waals surface area contributed by atoms with Crippen molar-refractivity contribution in [1.29, 1.82) is 0 Å². The first-order chi connectivity index (χ1) is 10.1. The van der Waals surface area contributed by atoms with Gasteiger partial charge in [-0.2, -0.15) is 0 Å². The largest absolute Gasteiger partial charge is 0.389 e. The van der Waals surface area contributed by atoms with Crippen LogP contribution < -0.4 is 5.32 Å². The van der Waals surface area contributed by atoms with Crippen molar-refractivity contribution in [2.24, 2.45) is 5.92 Å². The second-order valence-corrected chi connectivity index (χ2v) is 6.15. The summed E-state index contributed by atoms with van der Waals surface area (Å²) in [5.41, 5.74) is 1.80. The Morgan fingerprint density at radius 2 is 2.05 bits per heavy atom. The van der Waals surface area contributed by atoms with Gasteiger partial charge in [0.1, 0.15) is 0 Å². The predicted octanol–water partition coefficient (Wildman–Crippen LogP) is 1.83. The first-order valence-corrected chi connectivity index (χ1v) is 7.91. The van der Waals surface area contributed by atoms with Gasteiger partial charge in [0.2, 0.25) is 0 Å². The third kappa shape index (κ3) is 6.08. The van der Waals surface area contributed by atoms with Crippen LogP contribution in [0.2, 0.25) is 0 Å². The summed E-state index contributed by atoms with van der Waals surface area (Å²) in [6, 6.07) is 0. The van der Waals surface area contributed by atoms with Gasteiger partial charge in [-0.25, -0.2) is 0 Å². The van der Waals surface area contributed by atoms with E-state index in [-0.39, 0.29) is 0 Å². The molecule has 2 rings (SSSR count). The van der Waals surface area contributed by atoms with E-state index in [9.17, 15) is 5.11 Å². The lowest BCUT2D eigenvalue weighted by atomic mass is 9.89. The van der Waals surface area contributed by atoms with Crippen molar-refractivity contribution in [3.05, 3.63) is 23.8 Å². The minimum atomic E-state index is -0.470. The van der Waals surface area contributed by atoms with Crippen molar-refractivity contribution in [3.8, 4) is 0 Å². The van der Waals surface area contributed by atoms with Gasteiger partial charge < -0.3 is 15.2 Å². The summed E-state index contributed by atoms with van der Waals surface area (Å²) in [6.45, 7) is 5.75. The lowest BCUT2D eigenvalue weighted by Gasteiger charge is -2.27. The molecule has 5 nitrogen and oxygen atoms in total. The number of rotatable bonds is 7. The third-order valence-corrected chi connectivity index (χ3v) is 4.01. The second kappa shape index (κ2) is 8.41. The Balaban J connectivity index is 1.57. The van der Waals surface area contributed by atoms with Gasteiger partial charge in [0, 0.05) is 25.5 Å². The van der Waals surface area contributed by atoms with Gasteiger partial charge in [0.15, 0.2) is 0 Å². The van der Waals surface area contributed by atoms with Gasteiger partial charge in [-0.3, -0.25) is 9.97 Å². The predicted molar refractivity (Wildman–Crippen MR) is 81.9 cm³/mol. The molecule has 2 N–H and O–H groups in total. The molecule has 118 valence electrons. The maximum atomic E-state index is 9.93. The number of aliphatic hydroxyl groups excluding tert-OH is 1. The molecule has 21 heavy (non-hydrogen) atoms. The molecule has 5 heteroatoms. The maximum Gasteiger partial charge on any atom is 0.0897 e. The van der Waals surface area contributed by atoms with Crippen LogP contribution in [-0.2, 0) is 11.3 Å². The smallest absolute Gasteiger partial charge is 0.0897 e. The number of hydrogen-bond donors (Lipinski definition) is 2. The number of nitrogens with zero attached hydrogens (tertiary/aromatic N) is 2. The molecule has 1 aromatic rings. The van der Waals surface area contributed by atoms with Crippen LogP contribution in [0.25, 0.3) is 0 Å². The molecular formula is C16H27N3O2. The summed E-state index contributed by atoms with van der Waals surface area (Å²) in [6.07, 6.45) is 8.10. The molecule has 1 unspecified atom stereocenters. The molecule has 0 bridgehead atoms. The van der Waals surface area contributed by atoms with E-state index in [1.807, 2.05) is 6.92 Å². The highest BCUT2D eigenvalue weighted by Gasteiger charge is 2.19. The molecule has 1 fully saturated rings. The van der Waals surface area contributed by atoms with Crippen molar-refractivity contribution in [2.75, 3.05) is 13.2 Å². The molecule has 0 saturated heterocycles. The van der Waals surface area contributed by atoms with Crippen molar-refractivity contribution in [1.82, 2.24) is 15.3 Å². The lowest BCUT2D eigenvalue weighted by molar-refractivity contribution is -0.0278. The Bertz CT molecular complexity index is 402. The summed E-state index contributed by atoms with van der Waals surface area (Å²) in [7, 11) is 0. The fraction of sp³-hybridized carbons (Fsp3) is 0.750. The van der Waals surface area contributed by atoms with Gasteiger partial charge in [-0.05, 0) is 38.5 Å². The SMILES string of the molecule is Cc1cnc(CNCC(O)COC2CCC(C)CC2)cn1. The molecule has 0 radical (unpaired) electrons. The van der Waals surface area contributed by atoms with E-state index < -0.39 is 6.10 Å². The Labute approximate surface area is 127 Å². The van der Waals surface area contributed by atoms with Gasteiger partial charge >= 0.3 is 0 Å². The standard InChI is InChI=1S/C16H27N3O2/c1-12-3-5-16(6-4-12)21-11-15(20)10-17-8-14-9-18-13(2)7-19-14/h7,9,12,15-17,20H,3-6,8,10-11H2,1-2H3. The van der Waals surface area contributed by atoms with Crippen LogP contribution in [0.1, 0.15) is 44.0 Å². The summed E-state index contributed by atoms with van der Waals surface area (Å²) in [5, 5.41) is 13.1. The molecule has 1 aliphatic rings. The van der Waals surface area contributed by atoms with Crippen LogP contribution in [0.3, 0.4) is 0 Å². The average Bonchev–Trinajstić information content (AvgIpc) is 2.49. The molecule has 1 saturated carbocycles. The average molecular weight is 293 g/mol. The van der Waals surface area contributed by atoms with Crippen LogP contribution in [0.5, 0.6) is 0 Å². The molecule has 1 heterocycles. The van der Waals surface area contributed by atoms with Crippen LogP contribution in [-0.4, -0.2) is 40.4 Å². The molecule has 0 aromatic carbocycles. The van der Waals surface area contributed by atoms with Crippen LogP contribution in [0, 0.1) is 12.8 Å². The topological polar surface area (TPSA) is 67.3 Å². The zero-order chi connectivity index (χ0) is 15.1. The van der Waals surface area contributed by atoms with Gasteiger partial charge in [0.05, 0.1) is 30.2 Å². The maximum absolute atomic E-state index is 9.93. The van der Waals surface area contributed by atoms with Crippen molar-refractivity contribution in [2.45, 2.75) is 58.3 Å². The minimum Gasteiger partial charge on any atom is -0.389 e. The zero-order valence-electron chi connectivity index (χ0n) is 13.1. The quantitative estimate of drug-likeness (QED) is 0.803. The minimum absolute atomic E-state index is 0.332. The van der Waals surface area contributed by atoms with Crippen molar-refractivity contribution < 1.29 is 9.84 Å². The highest BCUT2D eigenvalue weighted by molar-refractivity contribution is 5.00. The van der Waals surface area contributed by atoms with Crippen molar-refractivity contribution >= 4 is 0 Å². The van der Waals surface area contributed by atoms with E-state index in [4.69, 9.17) is 4.74 Å². The Morgan fingerprint density at radius 3 is 2.71 bits per heavy atom. The van der Waals surface area contributed by atoms with Gasteiger partial charge in [-0.15, -0.1) is 0 Å². The molecule has 1 aliphatic carbocycles. The first-order valence-electron chi connectivity index (χ1n) is 7.91. The molecule has 0 amide bonds. The highest BCUT2D eigenvalue weighted by Crippen LogP contribution is 2.25. The van der Waals surface area contributed by atoms with E-state index in [1.54, 1.807) is 12.4 Å². The van der Waals surface area contributed by atoms with Crippen LogP contribution in [0.4, 0.5) is 0 Å². The summed E-state index contributed by atoms with van der Waals surface area (Å²) in [5.74, 6) is 0.826. The number of nitrogens with one attached hydrogen (secondary N) is 1. The van der Waals surface area contributed by atoms with E-state index in [0.717, 1.165) is 30.1 Å². The monoisotopic (exact) mass is 293 g/mol. The Morgan fingerprint density at radius 1 is 1.29 bits per heavy atom. The van der Waals surface area contributed by atoms with E-state index in [2.05, 4.69) is 22.2 Å². The van der Waals surface area contributed by atoms with Crippen LogP contribution >= 0.6 is 0 Å². The first kappa shape index (κ1) is 16.3. The van der Waals surface area contributed by atoms with Gasteiger partial charge in [-0.1, -0.05) is 6.92 Å². The number of ether oxygens (including phenoxy) is 1. The molecule has 1 aromatic heterocycles. The molecule has 0 aliphatic heterocycles. The molecular weight excluding hydrogens is 266 g/mol. The fourth-order valence-corrected chi connectivity index (χ4v) is 2.58.